The fourth-order valence-electron chi connectivity index (χ4n) is 2.80. The van der Waals surface area contributed by atoms with Gasteiger partial charge < -0.3 is 10.0 Å². The normalized spacial score (nSPS) is 21.3. The Morgan fingerprint density at radius 3 is 2.39 bits per heavy atom. The number of para-hydroxylation sites is 1. The maximum atomic E-state index is 12.5. The lowest BCUT2D eigenvalue weighted by atomic mass is 9.99. The maximum absolute atomic E-state index is 12.5. The van der Waals surface area contributed by atoms with E-state index in [9.17, 15) is 14.7 Å². The van der Waals surface area contributed by atoms with Crippen LogP contribution in [0.15, 0.2) is 54.6 Å². The van der Waals surface area contributed by atoms with Crippen LogP contribution in [-0.2, 0) is 9.59 Å². The van der Waals surface area contributed by atoms with Gasteiger partial charge >= 0.3 is 5.97 Å². The van der Waals surface area contributed by atoms with Crippen LogP contribution in [0.4, 0.5) is 5.69 Å². The number of anilines is 1. The van der Waals surface area contributed by atoms with E-state index in [0.717, 1.165) is 16.8 Å². The molecule has 1 aliphatic rings. The molecule has 0 spiro atoms. The summed E-state index contributed by atoms with van der Waals surface area (Å²) in [5, 5.41) is 8.93. The Kier molecular flexibility index (Phi) is 4.39. The van der Waals surface area contributed by atoms with E-state index in [1.54, 1.807) is 4.90 Å². The molecular weight excluding hydrogens is 310 g/mol. The molecule has 118 valence electrons. The first-order chi connectivity index (χ1) is 11.1. The maximum Gasteiger partial charge on any atom is 0.319 e. The Morgan fingerprint density at radius 1 is 1.13 bits per heavy atom. The molecule has 2 atom stereocenters. The summed E-state index contributed by atoms with van der Waals surface area (Å²) < 4.78 is 0. The summed E-state index contributed by atoms with van der Waals surface area (Å²) >= 11 is 1.19. The van der Waals surface area contributed by atoms with Gasteiger partial charge in [-0.05, 0) is 24.6 Å². The second-order valence-electron chi connectivity index (χ2n) is 5.52. The van der Waals surface area contributed by atoms with Crippen molar-refractivity contribution in [2.24, 2.45) is 0 Å². The number of carbonyl (C=O) groups excluding carboxylic acids is 1. The third kappa shape index (κ3) is 3.10. The van der Waals surface area contributed by atoms with Gasteiger partial charge in [0.2, 0.25) is 5.91 Å². The van der Waals surface area contributed by atoms with Crippen LogP contribution in [0.1, 0.15) is 17.2 Å². The molecule has 1 saturated heterocycles. The summed E-state index contributed by atoms with van der Waals surface area (Å²) in [7, 11) is 0. The Balaban J connectivity index is 2.10. The lowest BCUT2D eigenvalue weighted by Crippen LogP contribution is -2.48. The van der Waals surface area contributed by atoms with Crippen LogP contribution in [0.25, 0.3) is 0 Å². The number of rotatable bonds is 3. The average Bonchev–Trinajstić information content (AvgIpc) is 2.56. The molecule has 23 heavy (non-hydrogen) atoms. The molecule has 1 aliphatic heterocycles. The molecule has 1 heterocycles. The first kappa shape index (κ1) is 15.6. The van der Waals surface area contributed by atoms with Crippen LogP contribution < -0.4 is 4.90 Å². The van der Waals surface area contributed by atoms with E-state index < -0.39 is 17.3 Å². The number of carboxylic acids is 1. The number of thioether (sulfide) groups is 1. The number of amides is 1. The summed E-state index contributed by atoms with van der Waals surface area (Å²) in [4.78, 5) is 25.9. The highest BCUT2D eigenvalue weighted by Crippen LogP contribution is 2.40. The second-order valence-corrected chi connectivity index (χ2v) is 6.65. The Labute approximate surface area is 139 Å². The van der Waals surface area contributed by atoms with Crippen molar-refractivity contribution in [2.75, 3.05) is 10.7 Å². The highest BCUT2D eigenvalue weighted by molar-refractivity contribution is 8.01. The van der Waals surface area contributed by atoms with Crippen LogP contribution in [-0.4, -0.2) is 28.0 Å². The van der Waals surface area contributed by atoms with Gasteiger partial charge in [-0.15, -0.1) is 11.8 Å². The van der Waals surface area contributed by atoms with Crippen molar-refractivity contribution in [3.8, 4) is 0 Å². The minimum Gasteiger partial charge on any atom is -0.480 e. The molecule has 2 unspecified atom stereocenters. The molecule has 3 rings (SSSR count). The number of hydrogen-bond acceptors (Lipinski definition) is 3. The van der Waals surface area contributed by atoms with Crippen LogP contribution in [0, 0.1) is 6.92 Å². The molecule has 0 radical (unpaired) electrons. The number of hydrogen-bond donors (Lipinski definition) is 1. The molecule has 1 amide bonds. The monoisotopic (exact) mass is 327 g/mol. The fourth-order valence-corrected chi connectivity index (χ4v) is 3.86. The highest BCUT2D eigenvalue weighted by atomic mass is 32.2. The third-order valence-corrected chi connectivity index (χ3v) is 5.15. The molecule has 0 saturated carbocycles. The van der Waals surface area contributed by atoms with Gasteiger partial charge in [-0.25, -0.2) is 0 Å². The third-order valence-electron chi connectivity index (χ3n) is 3.92. The van der Waals surface area contributed by atoms with Gasteiger partial charge in [-0.2, -0.15) is 0 Å². The van der Waals surface area contributed by atoms with Gasteiger partial charge in [0.25, 0.3) is 0 Å². The minimum atomic E-state index is -0.894. The number of aryl methyl sites for hydroxylation is 1. The lowest BCUT2D eigenvalue weighted by Gasteiger charge is -2.39. The van der Waals surface area contributed by atoms with E-state index in [1.807, 2.05) is 61.5 Å². The van der Waals surface area contributed by atoms with E-state index in [-0.39, 0.29) is 11.7 Å². The lowest BCUT2D eigenvalue weighted by molar-refractivity contribution is -0.137. The van der Waals surface area contributed by atoms with E-state index in [1.165, 1.54) is 11.8 Å². The molecule has 4 nitrogen and oxygen atoms in total. The van der Waals surface area contributed by atoms with Crippen molar-refractivity contribution in [1.29, 1.82) is 0 Å². The Hall–Kier alpha value is -2.27. The topological polar surface area (TPSA) is 57.6 Å². The second kappa shape index (κ2) is 6.46. The van der Waals surface area contributed by atoms with Gasteiger partial charge in [-0.1, -0.05) is 48.0 Å². The molecule has 1 fully saturated rings. The first-order valence-corrected chi connectivity index (χ1v) is 8.41. The zero-order chi connectivity index (χ0) is 16.4. The number of carbonyl (C=O) groups is 2. The number of benzene rings is 2. The summed E-state index contributed by atoms with van der Waals surface area (Å²) in [5.41, 5.74) is 2.67. The van der Waals surface area contributed by atoms with Crippen molar-refractivity contribution < 1.29 is 14.7 Å². The number of nitrogens with zero attached hydrogens (tertiary/aromatic N) is 1. The molecule has 0 aliphatic carbocycles. The zero-order valence-electron chi connectivity index (χ0n) is 12.7. The first-order valence-electron chi connectivity index (χ1n) is 7.36. The van der Waals surface area contributed by atoms with Gasteiger partial charge in [0, 0.05) is 5.69 Å². The SMILES string of the molecule is Cc1ccc(C2C(C(=O)O)SCC(=O)N2c2ccccc2)cc1. The van der Waals surface area contributed by atoms with Crippen LogP contribution in [0.5, 0.6) is 0 Å². The summed E-state index contributed by atoms with van der Waals surface area (Å²) in [5.74, 6) is -0.785. The Bertz CT molecular complexity index is 715. The molecule has 0 bridgehead atoms. The fraction of sp³-hybridized carbons (Fsp3) is 0.222. The highest BCUT2D eigenvalue weighted by Gasteiger charge is 2.42. The molecule has 5 heteroatoms. The number of aliphatic carboxylic acids is 1. The minimum absolute atomic E-state index is 0.0655. The number of carboxylic acid groups (broad SMARTS) is 1. The molecule has 2 aromatic carbocycles. The van der Waals surface area contributed by atoms with Crippen molar-refractivity contribution in [1.82, 2.24) is 0 Å². The van der Waals surface area contributed by atoms with Crippen LogP contribution in [0.3, 0.4) is 0 Å². The van der Waals surface area contributed by atoms with E-state index in [2.05, 4.69) is 0 Å². The molecular formula is C18H17NO3S. The predicted octanol–water partition coefficient (Wildman–Crippen LogP) is 3.27. The van der Waals surface area contributed by atoms with Gasteiger partial charge in [0.05, 0.1) is 11.8 Å². The van der Waals surface area contributed by atoms with E-state index in [0.29, 0.717) is 0 Å². The quantitative estimate of drug-likeness (QED) is 0.940. The smallest absolute Gasteiger partial charge is 0.319 e. The van der Waals surface area contributed by atoms with Gasteiger partial charge in [-0.3, -0.25) is 9.59 Å². The predicted molar refractivity (Wildman–Crippen MR) is 91.7 cm³/mol. The van der Waals surface area contributed by atoms with E-state index >= 15 is 0 Å². The Morgan fingerprint density at radius 2 is 1.78 bits per heavy atom. The van der Waals surface area contributed by atoms with Crippen LogP contribution in [0.2, 0.25) is 0 Å². The van der Waals surface area contributed by atoms with Crippen molar-refractivity contribution in [3.63, 3.8) is 0 Å². The standard InChI is InChI=1S/C18H17NO3S/c1-12-7-9-13(10-8-12)16-17(18(21)22)23-11-15(20)19(16)14-5-3-2-4-6-14/h2-10,16-17H,11H2,1H3,(H,21,22). The van der Waals surface area contributed by atoms with Crippen molar-refractivity contribution in [3.05, 3.63) is 65.7 Å². The van der Waals surface area contributed by atoms with Crippen molar-refractivity contribution >= 4 is 29.3 Å². The zero-order valence-corrected chi connectivity index (χ0v) is 13.5. The summed E-state index contributed by atoms with van der Waals surface area (Å²) in [6.45, 7) is 1.98. The summed E-state index contributed by atoms with van der Waals surface area (Å²) in [6.07, 6.45) is 0. The molecule has 1 N–H and O–H groups in total. The van der Waals surface area contributed by atoms with E-state index in [4.69, 9.17) is 0 Å². The molecule has 2 aromatic rings. The summed E-state index contributed by atoms with van der Waals surface area (Å²) in [6, 6.07) is 16.5. The van der Waals surface area contributed by atoms with Gasteiger partial charge in [0.1, 0.15) is 5.25 Å². The van der Waals surface area contributed by atoms with Crippen LogP contribution >= 0.6 is 11.8 Å². The average molecular weight is 327 g/mol. The molecule has 0 aromatic heterocycles. The largest absolute Gasteiger partial charge is 0.480 e. The van der Waals surface area contributed by atoms with Gasteiger partial charge in [0.15, 0.2) is 0 Å². The van der Waals surface area contributed by atoms with Crippen molar-refractivity contribution in [2.45, 2.75) is 18.2 Å².